The number of hydrogen-bond donors (Lipinski definition) is 1. The van der Waals surface area contributed by atoms with Gasteiger partial charge in [-0.1, -0.05) is 0 Å². The Bertz CT molecular complexity index is 410. The maximum Gasteiger partial charge on any atom is 0.225 e. The fraction of sp³-hybridized carbons (Fsp3) is 0.615. The van der Waals surface area contributed by atoms with Crippen molar-refractivity contribution in [3.05, 3.63) is 18.5 Å². The van der Waals surface area contributed by atoms with Gasteiger partial charge in [-0.15, -0.1) is 0 Å². The molecule has 5 heteroatoms. The number of piperidine rings is 1. The van der Waals surface area contributed by atoms with Gasteiger partial charge in [-0.2, -0.15) is 0 Å². The quantitative estimate of drug-likeness (QED) is 0.863. The number of anilines is 1. The zero-order valence-corrected chi connectivity index (χ0v) is 10.4. The van der Waals surface area contributed by atoms with Crippen LogP contribution in [0.1, 0.15) is 25.7 Å². The average molecular weight is 246 g/mol. The number of aromatic nitrogens is 2. The molecule has 1 saturated heterocycles. The van der Waals surface area contributed by atoms with Crippen LogP contribution < -0.4 is 10.2 Å². The lowest BCUT2D eigenvalue weighted by Crippen LogP contribution is -2.45. The first-order valence-electron chi connectivity index (χ1n) is 6.65. The molecule has 96 valence electrons. The summed E-state index contributed by atoms with van der Waals surface area (Å²) < 4.78 is 0. The van der Waals surface area contributed by atoms with Crippen molar-refractivity contribution >= 4 is 11.9 Å². The van der Waals surface area contributed by atoms with Crippen molar-refractivity contribution in [1.82, 2.24) is 15.3 Å². The Balaban J connectivity index is 1.50. The molecule has 0 aromatic carbocycles. The fourth-order valence-electron chi connectivity index (χ4n) is 2.34. The van der Waals surface area contributed by atoms with Gasteiger partial charge in [0.1, 0.15) is 0 Å². The third-order valence-corrected chi connectivity index (χ3v) is 3.62. The monoisotopic (exact) mass is 246 g/mol. The van der Waals surface area contributed by atoms with Crippen LogP contribution >= 0.6 is 0 Å². The molecular formula is C13H18N4O. The molecule has 0 unspecified atom stereocenters. The van der Waals surface area contributed by atoms with Crippen LogP contribution in [0, 0.1) is 5.92 Å². The lowest BCUT2D eigenvalue weighted by molar-refractivity contribution is -0.123. The van der Waals surface area contributed by atoms with E-state index in [1.165, 1.54) is 0 Å². The Labute approximate surface area is 107 Å². The third kappa shape index (κ3) is 2.60. The lowest BCUT2D eigenvalue weighted by atomic mass is 10.1. The molecule has 18 heavy (non-hydrogen) atoms. The van der Waals surface area contributed by atoms with Gasteiger partial charge in [0.05, 0.1) is 0 Å². The standard InChI is InChI=1S/C13H18N4O/c18-12(10-2-3-10)16-11-4-8-17(9-5-11)13-14-6-1-7-15-13/h1,6-7,10-11H,2-5,8-9H2,(H,16,18). The van der Waals surface area contributed by atoms with Gasteiger partial charge < -0.3 is 10.2 Å². The van der Waals surface area contributed by atoms with Crippen molar-refractivity contribution < 1.29 is 4.79 Å². The van der Waals surface area contributed by atoms with Crippen LogP contribution in [0.25, 0.3) is 0 Å². The smallest absolute Gasteiger partial charge is 0.225 e. The third-order valence-electron chi connectivity index (χ3n) is 3.62. The number of nitrogens with zero attached hydrogens (tertiary/aromatic N) is 3. The zero-order valence-electron chi connectivity index (χ0n) is 10.4. The number of hydrogen-bond acceptors (Lipinski definition) is 4. The van der Waals surface area contributed by atoms with E-state index in [1.807, 2.05) is 6.07 Å². The van der Waals surface area contributed by atoms with E-state index >= 15 is 0 Å². The maximum absolute atomic E-state index is 11.7. The van der Waals surface area contributed by atoms with E-state index in [4.69, 9.17) is 0 Å². The van der Waals surface area contributed by atoms with Gasteiger partial charge in [-0.25, -0.2) is 9.97 Å². The van der Waals surface area contributed by atoms with Gasteiger partial charge in [0.25, 0.3) is 0 Å². The van der Waals surface area contributed by atoms with Crippen LogP contribution in [-0.2, 0) is 4.79 Å². The summed E-state index contributed by atoms with van der Waals surface area (Å²) in [6.45, 7) is 1.83. The molecule has 2 heterocycles. The molecule has 2 aliphatic rings. The summed E-state index contributed by atoms with van der Waals surface area (Å²) in [6.07, 6.45) is 7.64. The fourth-order valence-corrected chi connectivity index (χ4v) is 2.34. The van der Waals surface area contributed by atoms with Crippen molar-refractivity contribution in [3.8, 4) is 0 Å². The minimum atomic E-state index is 0.254. The van der Waals surface area contributed by atoms with E-state index in [0.29, 0.717) is 12.0 Å². The Kier molecular flexibility index (Phi) is 3.13. The van der Waals surface area contributed by atoms with Crippen LogP contribution in [0.2, 0.25) is 0 Å². The number of carbonyl (C=O) groups is 1. The molecule has 0 atom stereocenters. The van der Waals surface area contributed by atoms with E-state index in [0.717, 1.165) is 44.7 Å². The first-order chi connectivity index (χ1) is 8.83. The summed E-state index contributed by atoms with van der Waals surface area (Å²) in [4.78, 5) is 22.4. The second kappa shape index (κ2) is 4.92. The molecule has 1 amide bonds. The first-order valence-corrected chi connectivity index (χ1v) is 6.65. The Morgan fingerprint density at radius 1 is 1.17 bits per heavy atom. The molecule has 0 radical (unpaired) electrons. The van der Waals surface area contributed by atoms with E-state index in [1.54, 1.807) is 12.4 Å². The van der Waals surface area contributed by atoms with Crippen LogP contribution in [0.5, 0.6) is 0 Å². The topological polar surface area (TPSA) is 58.1 Å². The van der Waals surface area contributed by atoms with Crippen LogP contribution in [0.3, 0.4) is 0 Å². The Hall–Kier alpha value is -1.65. The highest BCUT2D eigenvalue weighted by molar-refractivity contribution is 5.81. The van der Waals surface area contributed by atoms with Gasteiger partial charge in [0, 0.05) is 37.4 Å². The van der Waals surface area contributed by atoms with Crippen molar-refractivity contribution in [2.75, 3.05) is 18.0 Å². The van der Waals surface area contributed by atoms with Gasteiger partial charge in [0.15, 0.2) is 0 Å². The molecule has 3 rings (SSSR count). The normalized spacial score (nSPS) is 20.8. The van der Waals surface area contributed by atoms with Crippen molar-refractivity contribution in [2.24, 2.45) is 5.92 Å². The largest absolute Gasteiger partial charge is 0.353 e. The molecule has 1 N–H and O–H groups in total. The molecule has 1 aliphatic carbocycles. The number of carbonyl (C=O) groups excluding carboxylic acids is 1. The summed E-state index contributed by atoms with van der Waals surface area (Å²) in [5.74, 6) is 1.36. The summed E-state index contributed by atoms with van der Waals surface area (Å²) in [7, 11) is 0. The molecule has 5 nitrogen and oxygen atoms in total. The van der Waals surface area contributed by atoms with Crippen LogP contribution in [0.15, 0.2) is 18.5 Å². The Morgan fingerprint density at radius 2 is 1.83 bits per heavy atom. The van der Waals surface area contributed by atoms with Crippen molar-refractivity contribution in [3.63, 3.8) is 0 Å². The summed E-state index contributed by atoms with van der Waals surface area (Å²) in [5.41, 5.74) is 0. The highest BCUT2D eigenvalue weighted by Gasteiger charge is 2.31. The van der Waals surface area contributed by atoms with E-state index < -0.39 is 0 Å². The average Bonchev–Trinajstić information content (AvgIpc) is 3.25. The van der Waals surface area contributed by atoms with Gasteiger partial charge in [-0.05, 0) is 31.7 Å². The number of rotatable bonds is 3. The van der Waals surface area contributed by atoms with Gasteiger partial charge in [-0.3, -0.25) is 4.79 Å². The zero-order chi connectivity index (χ0) is 12.4. The molecule has 1 aromatic heterocycles. The molecule has 1 aliphatic heterocycles. The van der Waals surface area contributed by atoms with Gasteiger partial charge in [0.2, 0.25) is 11.9 Å². The maximum atomic E-state index is 11.7. The second-order valence-corrected chi connectivity index (χ2v) is 5.09. The van der Waals surface area contributed by atoms with E-state index in [2.05, 4.69) is 20.2 Å². The molecule has 1 aromatic rings. The predicted octanol–water partition coefficient (Wildman–Crippen LogP) is 0.972. The number of amides is 1. The van der Waals surface area contributed by atoms with E-state index in [9.17, 15) is 4.79 Å². The summed E-state index contributed by atoms with van der Waals surface area (Å²) in [5, 5.41) is 3.15. The molecule has 1 saturated carbocycles. The predicted molar refractivity (Wildman–Crippen MR) is 68.1 cm³/mol. The first kappa shape index (κ1) is 11.4. The minimum Gasteiger partial charge on any atom is -0.353 e. The lowest BCUT2D eigenvalue weighted by Gasteiger charge is -2.32. The second-order valence-electron chi connectivity index (χ2n) is 5.09. The molecule has 0 spiro atoms. The minimum absolute atomic E-state index is 0.254. The highest BCUT2D eigenvalue weighted by atomic mass is 16.2. The SMILES string of the molecule is O=C(NC1CCN(c2ncccn2)CC1)C1CC1. The molecule has 2 fully saturated rings. The Morgan fingerprint density at radius 3 is 2.44 bits per heavy atom. The van der Waals surface area contributed by atoms with Crippen molar-refractivity contribution in [1.29, 1.82) is 0 Å². The highest BCUT2D eigenvalue weighted by Crippen LogP contribution is 2.29. The van der Waals surface area contributed by atoms with Crippen LogP contribution in [-0.4, -0.2) is 35.0 Å². The number of nitrogens with one attached hydrogen (secondary N) is 1. The van der Waals surface area contributed by atoms with Crippen molar-refractivity contribution in [2.45, 2.75) is 31.7 Å². The summed E-state index contributed by atoms with van der Waals surface area (Å²) in [6, 6.07) is 2.16. The van der Waals surface area contributed by atoms with E-state index in [-0.39, 0.29) is 5.91 Å². The molecular weight excluding hydrogens is 228 g/mol. The molecule has 0 bridgehead atoms. The summed E-state index contributed by atoms with van der Waals surface area (Å²) >= 11 is 0. The van der Waals surface area contributed by atoms with Crippen LogP contribution in [0.4, 0.5) is 5.95 Å². The van der Waals surface area contributed by atoms with Gasteiger partial charge >= 0.3 is 0 Å².